The van der Waals surface area contributed by atoms with Crippen molar-refractivity contribution < 1.29 is 0 Å². The molecule has 0 spiro atoms. The summed E-state index contributed by atoms with van der Waals surface area (Å²) in [6, 6.07) is 43.2. The Labute approximate surface area is 330 Å². The van der Waals surface area contributed by atoms with Crippen LogP contribution in [-0.4, -0.2) is 24.8 Å². The van der Waals surface area contributed by atoms with Crippen molar-refractivity contribution in [1.82, 2.24) is 0 Å². The van der Waals surface area contributed by atoms with E-state index in [0.717, 1.165) is 58.8 Å². The molecule has 5 atom stereocenters. The maximum absolute atomic E-state index is 5.37. The van der Waals surface area contributed by atoms with Gasteiger partial charge in [0, 0.05) is 36.0 Å². The van der Waals surface area contributed by atoms with Gasteiger partial charge in [-0.25, -0.2) is 0 Å². The number of anilines is 2. The number of hydrogen-bond donors (Lipinski definition) is 1. The number of hydrogen-bond acceptors (Lipinski definition) is 3. The molecule has 5 aromatic carbocycles. The fourth-order valence-electron chi connectivity index (χ4n) is 8.26. The van der Waals surface area contributed by atoms with Crippen LogP contribution in [0, 0.1) is 11.8 Å². The van der Waals surface area contributed by atoms with Crippen molar-refractivity contribution in [2.45, 2.75) is 64.5 Å². The average Bonchev–Trinajstić information content (AvgIpc) is 3.21. The lowest BCUT2D eigenvalue weighted by Gasteiger charge is -2.36. The zero-order valence-corrected chi connectivity index (χ0v) is 33.2. The summed E-state index contributed by atoms with van der Waals surface area (Å²) in [6.07, 6.45) is 9.65. The Balaban J connectivity index is 1.36. The van der Waals surface area contributed by atoms with Gasteiger partial charge in [-0.2, -0.15) is 0 Å². The summed E-state index contributed by atoms with van der Waals surface area (Å²) in [5, 5.41) is 6.45. The van der Waals surface area contributed by atoms with Crippen LogP contribution in [-0.2, 0) is 6.42 Å². The Morgan fingerprint density at radius 3 is 2.24 bits per heavy atom. The second-order valence-electron chi connectivity index (χ2n) is 15.2. The van der Waals surface area contributed by atoms with Crippen LogP contribution >= 0.6 is 0 Å². The largest absolute Gasteiger partial charge is 0.376 e. The van der Waals surface area contributed by atoms with Gasteiger partial charge in [-0.1, -0.05) is 173 Å². The molecule has 0 saturated heterocycles. The lowest BCUT2D eigenvalue weighted by Crippen LogP contribution is -2.34. The summed E-state index contributed by atoms with van der Waals surface area (Å²) in [5.74, 6) is 0.888. The van der Waals surface area contributed by atoms with Crippen LogP contribution in [0.5, 0.6) is 0 Å². The lowest BCUT2D eigenvalue weighted by atomic mass is 9.79. The molecule has 0 fully saturated rings. The highest BCUT2D eigenvalue weighted by molar-refractivity contribution is 6.10. The maximum Gasteiger partial charge on any atom is 0.0720 e. The number of benzene rings is 5. The van der Waals surface area contributed by atoms with Gasteiger partial charge in [0.1, 0.15) is 0 Å². The van der Waals surface area contributed by atoms with Crippen molar-refractivity contribution in [1.29, 1.82) is 0 Å². The molecule has 1 heterocycles. The van der Waals surface area contributed by atoms with Gasteiger partial charge in [0.2, 0.25) is 0 Å². The van der Waals surface area contributed by atoms with E-state index in [2.05, 4.69) is 178 Å². The minimum atomic E-state index is -0.0214. The number of aliphatic imine (C=N–C) groups is 1. The molecule has 0 saturated carbocycles. The van der Waals surface area contributed by atoms with Gasteiger partial charge in [-0.05, 0) is 77.8 Å². The van der Waals surface area contributed by atoms with E-state index in [4.69, 9.17) is 18.2 Å². The van der Waals surface area contributed by atoms with E-state index in [0.29, 0.717) is 12.3 Å². The van der Waals surface area contributed by atoms with E-state index < -0.39 is 0 Å². The normalized spacial score (nSPS) is 16.8. The average molecular weight is 724 g/mol. The van der Waals surface area contributed by atoms with Crippen LogP contribution in [0.4, 0.5) is 11.4 Å². The molecule has 55 heavy (non-hydrogen) atoms. The molecule has 0 radical (unpaired) electrons. The molecule has 280 valence electrons. The van der Waals surface area contributed by atoms with E-state index in [1.165, 1.54) is 27.5 Å². The zero-order valence-electron chi connectivity index (χ0n) is 33.2. The van der Waals surface area contributed by atoms with E-state index in [1.54, 1.807) is 0 Å². The molecule has 4 unspecified atom stereocenters. The highest BCUT2D eigenvalue weighted by atomic mass is 15.1. The monoisotopic (exact) mass is 723 g/mol. The van der Waals surface area contributed by atoms with Crippen LogP contribution < -0.4 is 10.2 Å². The summed E-state index contributed by atoms with van der Waals surface area (Å²) in [4.78, 5) is 7.66. The van der Waals surface area contributed by atoms with Crippen LogP contribution in [0.1, 0.15) is 68.2 Å². The second kappa shape index (κ2) is 18.1. The molecular formula is C52H57N3. The first-order chi connectivity index (χ1) is 26.7. The summed E-state index contributed by atoms with van der Waals surface area (Å²) in [7, 11) is 2.16. The quantitative estimate of drug-likeness (QED) is 0.0967. The van der Waals surface area contributed by atoms with Gasteiger partial charge >= 0.3 is 0 Å². The molecule has 0 amide bonds. The Kier molecular flexibility index (Phi) is 12.8. The second-order valence-corrected chi connectivity index (χ2v) is 15.2. The van der Waals surface area contributed by atoms with Gasteiger partial charge < -0.3 is 10.2 Å². The van der Waals surface area contributed by atoms with Gasteiger partial charge in [0.25, 0.3) is 0 Å². The summed E-state index contributed by atoms with van der Waals surface area (Å²) >= 11 is 0. The van der Waals surface area contributed by atoms with Gasteiger partial charge in [0.15, 0.2) is 0 Å². The molecule has 6 rings (SSSR count). The molecular weight excluding hydrogens is 667 g/mol. The number of nitrogens with one attached hydrogen (secondary N) is 1. The smallest absolute Gasteiger partial charge is 0.0720 e. The SMILES string of the molecule is C=CC1=NC(CC(=C)N(C)c2c(NC(C(=C)c3ccccc3)C(C)[C@H](C)Cc3ccccc3)ccc3ccccc23)C(CCC(=C)/C=C\C)c2ccccc21. The topological polar surface area (TPSA) is 27.6 Å². The first-order valence-corrected chi connectivity index (χ1v) is 19.8. The van der Waals surface area contributed by atoms with Crippen molar-refractivity contribution in [2.75, 3.05) is 17.3 Å². The van der Waals surface area contributed by atoms with E-state index in [1.807, 2.05) is 13.0 Å². The summed E-state index contributed by atoms with van der Waals surface area (Å²) < 4.78 is 0. The van der Waals surface area contributed by atoms with Crippen molar-refractivity contribution in [3.63, 3.8) is 0 Å². The molecule has 1 aliphatic rings. The number of fused-ring (bicyclic) bond motifs is 2. The van der Waals surface area contributed by atoms with Crippen LogP contribution in [0.25, 0.3) is 16.3 Å². The van der Waals surface area contributed by atoms with Crippen LogP contribution in [0.3, 0.4) is 0 Å². The Bertz CT molecular complexity index is 2190. The van der Waals surface area contributed by atoms with E-state index >= 15 is 0 Å². The maximum atomic E-state index is 5.37. The summed E-state index contributed by atoms with van der Waals surface area (Å²) in [6.45, 7) is 24.8. The molecule has 5 aromatic rings. The third kappa shape index (κ3) is 9.01. The fraction of sp³-hybridized carbons (Fsp3) is 0.250. The Morgan fingerprint density at radius 2 is 1.51 bits per heavy atom. The molecule has 0 aromatic heterocycles. The van der Waals surface area contributed by atoms with Crippen molar-refractivity contribution in [2.24, 2.45) is 16.8 Å². The minimum Gasteiger partial charge on any atom is -0.376 e. The lowest BCUT2D eigenvalue weighted by molar-refractivity contribution is 0.372. The number of allylic oxidation sites excluding steroid dienone is 4. The summed E-state index contributed by atoms with van der Waals surface area (Å²) in [5.41, 5.74) is 11.4. The highest BCUT2D eigenvalue weighted by Crippen LogP contribution is 2.42. The molecule has 1 N–H and O–H groups in total. The first kappa shape index (κ1) is 39.0. The Hall–Kier alpha value is -5.67. The van der Waals surface area contributed by atoms with Gasteiger partial charge in [-0.3, -0.25) is 4.99 Å². The first-order valence-electron chi connectivity index (χ1n) is 19.8. The predicted molar refractivity (Wildman–Crippen MR) is 240 cm³/mol. The van der Waals surface area contributed by atoms with E-state index in [-0.39, 0.29) is 23.9 Å². The molecule has 3 heteroatoms. The molecule has 0 aliphatic carbocycles. The number of nitrogens with zero attached hydrogens (tertiary/aromatic N) is 2. The van der Waals surface area contributed by atoms with Crippen LogP contribution in [0.15, 0.2) is 182 Å². The van der Waals surface area contributed by atoms with Crippen LogP contribution in [0.2, 0.25) is 0 Å². The standard InChI is InChI=1S/C52H57N3/c1-9-21-36(3)30-32-47-45-28-19-20-29-46(45)48(10-2)53-50(47)35-38(5)55(8)52-44-27-18-17-26-43(44)31-33-49(52)54-51(40(7)42-24-15-12-16-25-42)39(6)37(4)34-41-22-13-11-14-23-41/h9-29,31,33,37,39,47,50-51,54H,2-3,5,7,30,32,34-35H2,1,4,6,8H3/b21-9-/t37-,39?,47?,50?,51?/m1/s1. The van der Waals surface area contributed by atoms with Gasteiger partial charge in [-0.15, -0.1) is 0 Å². The zero-order chi connectivity index (χ0) is 38.9. The highest BCUT2D eigenvalue weighted by Gasteiger charge is 2.32. The minimum absolute atomic E-state index is 0.00658. The Morgan fingerprint density at radius 1 is 0.836 bits per heavy atom. The third-order valence-corrected chi connectivity index (χ3v) is 11.6. The predicted octanol–water partition coefficient (Wildman–Crippen LogP) is 13.2. The van der Waals surface area contributed by atoms with Crippen molar-refractivity contribution >= 4 is 33.4 Å². The molecule has 3 nitrogen and oxygen atoms in total. The van der Waals surface area contributed by atoms with Gasteiger partial charge in [0.05, 0.1) is 29.2 Å². The number of rotatable bonds is 17. The van der Waals surface area contributed by atoms with Crippen molar-refractivity contribution in [3.8, 4) is 0 Å². The third-order valence-electron chi connectivity index (χ3n) is 11.6. The van der Waals surface area contributed by atoms with E-state index in [9.17, 15) is 0 Å². The molecule has 0 bridgehead atoms. The fourth-order valence-corrected chi connectivity index (χ4v) is 8.26. The molecule has 1 aliphatic heterocycles. The van der Waals surface area contributed by atoms with Crippen molar-refractivity contribution in [3.05, 3.63) is 199 Å².